The molecule has 3 aromatic carbocycles. The second-order valence-electron chi connectivity index (χ2n) is 7.70. The van der Waals surface area contributed by atoms with Crippen molar-refractivity contribution in [1.29, 1.82) is 0 Å². The normalized spacial score (nSPS) is 15.7. The molecule has 0 bridgehead atoms. The van der Waals surface area contributed by atoms with E-state index in [4.69, 9.17) is 4.99 Å². The lowest BCUT2D eigenvalue weighted by Crippen LogP contribution is -2.32. The van der Waals surface area contributed by atoms with Crippen molar-refractivity contribution in [2.75, 3.05) is 0 Å². The molecule has 30 heavy (non-hydrogen) atoms. The number of halogens is 1. The van der Waals surface area contributed by atoms with Crippen molar-refractivity contribution >= 4 is 29.1 Å². The Bertz CT molecular complexity index is 1130. The summed E-state index contributed by atoms with van der Waals surface area (Å²) in [7, 11) is 0. The highest BCUT2D eigenvalue weighted by Gasteiger charge is 2.21. The van der Waals surface area contributed by atoms with Gasteiger partial charge in [0.15, 0.2) is 0 Å². The molecule has 5 rings (SSSR count). The summed E-state index contributed by atoms with van der Waals surface area (Å²) in [5.74, 6) is -0.322. The lowest BCUT2D eigenvalue weighted by Gasteiger charge is -2.13. The van der Waals surface area contributed by atoms with E-state index in [1.165, 1.54) is 25.0 Å². The van der Waals surface area contributed by atoms with Gasteiger partial charge in [-0.15, -0.1) is 0 Å². The molecule has 1 saturated carbocycles. The molecule has 1 fully saturated rings. The van der Waals surface area contributed by atoms with Crippen LogP contribution in [0.4, 0.5) is 10.1 Å². The molecule has 150 valence electrons. The molecule has 0 unspecified atom stereocenters. The maximum absolute atomic E-state index is 13.5. The molecule has 0 atom stereocenters. The van der Waals surface area contributed by atoms with Crippen LogP contribution < -0.4 is 5.32 Å². The molecule has 0 aromatic heterocycles. The van der Waals surface area contributed by atoms with E-state index in [1.54, 1.807) is 23.9 Å². The van der Waals surface area contributed by atoms with Crippen LogP contribution >= 0.6 is 11.8 Å². The van der Waals surface area contributed by atoms with Crippen LogP contribution in [-0.4, -0.2) is 17.7 Å². The minimum atomic E-state index is -0.276. The largest absolute Gasteiger partial charge is 0.349 e. The molecular weight excluding hydrogens is 395 g/mol. The zero-order valence-electron chi connectivity index (χ0n) is 16.4. The van der Waals surface area contributed by atoms with E-state index in [9.17, 15) is 9.18 Å². The minimum Gasteiger partial charge on any atom is -0.349 e. The summed E-state index contributed by atoms with van der Waals surface area (Å²) in [5.41, 5.74) is 4.01. The Morgan fingerprint density at radius 1 is 0.967 bits per heavy atom. The predicted molar refractivity (Wildman–Crippen MR) is 118 cm³/mol. The van der Waals surface area contributed by atoms with Crippen LogP contribution in [0.5, 0.6) is 0 Å². The number of fused-ring (bicyclic) bond motifs is 2. The van der Waals surface area contributed by atoms with Crippen molar-refractivity contribution < 1.29 is 9.18 Å². The van der Waals surface area contributed by atoms with E-state index in [-0.39, 0.29) is 17.8 Å². The predicted octanol–water partition coefficient (Wildman–Crippen LogP) is 6.13. The highest BCUT2D eigenvalue weighted by Crippen LogP contribution is 2.41. The zero-order chi connectivity index (χ0) is 20.5. The molecule has 1 N–H and O–H groups in total. The average molecular weight is 417 g/mol. The van der Waals surface area contributed by atoms with Crippen LogP contribution in [-0.2, 0) is 0 Å². The fourth-order valence-electron chi connectivity index (χ4n) is 4.05. The summed E-state index contributed by atoms with van der Waals surface area (Å²) in [6.45, 7) is 0. The van der Waals surface area contributed by atoms with Gasteiger partial charge in [-0.25, -0.2) is 9.38 Å². The molecule has 5 heteroatoms. The number of aliphatic imine (C=N–C) groups is 1. The Balaban J connectivity index is 1.57. The summed E-state index contributed by atoms with van der Waals surface area (Å²) >= 11 is 1.64. The van der Waals surface area contributed by atoms with E-state index in [2.05, 4.69) is 11.4 Å². The van der Waals surface area contributed by atoms with Crippen molar-refractivity contribution in [3.05, 3.63) is 89.2 Å². The van der Waals surface area contributed by atoms with Crippen LogP contribution in [0, 0.1) is 5.82 Å². The van der Waals surface area contributed by atoms with Crippen molar-refractivity contribution in [1.82, 2.24) is 5.32 Å². The third kappa shape index (κ3) is 3.77. The first-order valence-electron chi connectivity index (χ1n) is 10.2. The van der Waals surface area contributed by atoms with Crippen LogP contribution in [0.3, 0.4) is 0 Å². The first kappa shape index (κ1) is 19.1. The Hall–Kier alpha value is -2.92. The van der Waals surface area contributed by atoms with E-state index in [1.807, 2.05) is 36.4 Å². The molecule has 3 aromatic rings. The van der Waals surface area contributed by atoms with Gasteiger partial charge in [0.2, 0.25) is 0 Å². The summed E-state index contributed by atoms with van der Waals surface area (Å²) in [4.78, 5) is 19.8. The number of benzene rings is 3. The Kier molecular flexibility index (Phi) is 5.13. The third-order valence-corrected chi connectivity index (χ3v) is 6.76. The SMILES string of the molecule is O=C(NC1CCCC1)c1ccc2c(c1)N=C(c1ccc(F)cc1)c1ccccc1S2. The number of hydrogen-bond donors (Lipinski definition) is 1. The minimum absolute atomic E-state index is 0.0463. The van der Waals surface area contributed by atoms with Gasteiger partial charge in [-0.05, 0) is 61.4 Å². The molecule has 1 heterocycles. The summed E-state index contributed by atoms with van der Waals surface area (Å²) in [6.07, 6.45) is 4.45. The second kappa shape index (κ2) is 8.07. The quantitative estimate of drug-likeness (QED) is 0.436. The van der Waals surface area contributed by atoms with E-state index < -0.39 is 0 Å². The smallest absolute Gasteiger partial charge is 0.251 e. The Labute approximate surface area is 179 Å². The van der Waals surface area contributed by atoms with Crippen LogP contribution in [0.25, 0.3) is 0 Å². The standard InChI is InChI=1S/C25H21FN2OS/c26-18-12-9-16(10-13-18)24-20-7-3-4-8-22(20)30-23-14-11-17(15-21(23)28-24)25(29)27-19-5-1-2-6-19/h3-4,7-15,19H,1-2,5-6H2,(H,27,29). The topological polar surface area (TPSA) is 41.5 Å². The molecule has 0 spiro atoms. The van der Waals surface area contributed by atoms with E-state index in [0.29, 0.717) is 5.56 Å². The highest BCUT2D eigenvalue weighted by atomic mass is 32.2. The van der Waals surface area contributed by atoms with Gasteiger partial charge in [0.05, 0.1) is 11.4 Å². The summed E-state index contributed by atoms with van der Waals surface area (Å²) in [6, 6.07) is 20.4. The van der Waals surface area contributed by atoms with Gasteiger partial charge in [-0.3, -0.25) is 4.79 Å². The van der Waals surface area contributed by atoms with Crippen molar-refractivity contribution in [3.63, 3.8) is 0 Å². The molecule has 3 nitrogen and oxygen atoms in total. The maximum atomic E-state index is 13.5. The van der Waals surface area contributed by atoms with E-state index >= 15 is 0 Å². The summed E-state index contributed by atoms with van der Waals surface area (Å²) in [5, 5.41) is 3.15. The molecule has 2 aliphatic rings. The van der Waals surface area contributed by atoms with Gasteiger partial charge in [0.25, 0.3) is 5.91 Å². The highest BCUT2D eigenvalue weighted by molar-refractivity contribution is 7.99. The molecule has 0 radical (unpaired) electrons. The maximum Gasteiger partial charge on any atom is 0.251 e. The van der Waals surface area contributed by atoms with Gasteiger partial charge < -0.3 is 5.32 Å². The van der Waals surface area contributed by atoms with Crippen molar-refractivity contribution in [2.45, 2.75) is 41.5 Å². The number of rotatable bonds is 3. The van der Waals surface area contributed by atoms with Crippen molar-refractivity contribution in [3.8, 4) is 0 Å². The van der Waals surface area contributed by atoms with Crippen LogP contribution in [0.1, 0.15) is 47.2 Å². The molecule has 0 saturated heterocycles. The summed E-state index contributed by atoms with van der Waals surface area (Å²) < 4.78 is 13.5. The first-order chi connectivity index (χ1) is 14.7. The third-order valence-electron chi connectivity index (χ3n) is 5.62. The fourth-order valence-corrected chi connectivity index (χ4v) is 5.05. The number of hydrogen-bond acceptors (Lipinski definition) is 3. The number of carbonyl (C=O) groups excluding carboxylic acids is 1. The molecular formula is C25H21FN2OS. The van der Waals surface area contributed by atoms with E-state index in [0.717, 1.165) is 45.2 Å². The van der Waals surface area contributed by atoms with Gasteiger partial charge in [0, 0.05) is 32.5 Å². The van der Waals surface area contributed by atoms with Gasteiger partial charge >= 0.3 is 0 Å². The molecule has 1 aliphatic carbocycles. The second-order valence-corrected chi connectivity index (χ2v) is 8.79. The van der Waals surface area contributed by atoms with Crippen molar-refractivity contribution in [2.24, 2.45) is 4.99 Å². The van der Waals surface area contributed by atoms with Crippen LogP contribution in [0.2, 0.25) is 0 Å². The monoisotopic (exact) mass is 416 g/mol. The lowest BCUT2D eigenvalue weighted by molar-refractivity contribution is 0.0938. The molecule has 1 aliphatic heterocycles. The van der Waals surface area contributed by atoms with Gasteiger partial charge in [0.1, 0.15) is 5.82 Å². The van der Waals surface area contributed by atoms with Crippen LogP contribution in [0.15, 0.2) is 81.5 Å². The Morgan fingerprint density at radius 3 is 2.53 bits per heavy atom. The zero-order valence-corrected chi connectivity index (χ0v) is 17.2. The van der Waals surface area contributed by atoms with Gasteiger partial charge in [-0.1, -0.05) is 42.8 Å². The number of amides is 1. The fraction of sp³-hybridized carbons (Fsp3) is 0.200. The lowest BCUT2D eigenvalue weighted by atomic mass is 10.0. The Morgan fingerprint density at radius 2 is 1.73 bits per heavy atom. The number of nitrogens with zero attached hydrogens (tertiary/aromatic N) is 1. The number of nitrogens with one attached hydrogen (secondary N) is 1. The average Bonchev–Trinajstić information content (AvgIpc) is 3.21. The number of carbonyl (C=O) groups is 1. The van der Waals surface area contributed by atoms with Gasteiger partial charge in [-0.2, -0.15) is 0 Å². The first-order valence-corrected chi connectivity index (χ1v) is 11.1. The molecule has 1 amide bonds.